The van der Waals surface area contributed by atoms with E-state index in [4.69, 9.17) is 0 Å². The second-order valence-corrected chi connectivity index (χ2v) is 6.34. The number of nitrogens with zero attached hydrogens (tertiary/aromatic N) is 3. The fourth-order valence-electron chi connectivity index (χ4n) is 3.23. The molecule has 112 valence electrons. The first kappa shape index (κ1) is 15.1. The lowest BCUT2D eigenvalue weighted by molar-refractivity contribution is -0.133. The largest absolute Gasteiger partial charge is 0.342 e. The molecule has 1 amide bonds. The molecule has 2 rings (SSSR count). The van der Waals surface area contributed by atoms with Crippen molar-refractivity contribution < 1.29 is 4.79 Å². The Kier molecular flexibility index (Phi) is 4.84. The molecule has 2 heterocycles. The Morgan fingerprint density at radius 3 is 2.55 bits per heavy atom. The van der Waals surface area contributed by atoms with Crippen LogP contribution in [-0.4, -0.2) is 33.7 Å². The van der Waals surface area contributed by atoms with Gasteiger partial charge >= 0.3 is 0 Å². The second kappa shape index (κ2) is 6.42. The van der Waals surface area contributed by atoms with Crippen LogP contribution < -0.4 is 0 Å². The highest BCUT2D eigenvalue weighted by molar-refractivity contribution is 5.76. The third-order valence-corrected chi connectivity index (χ3v) is 4.20. The van der Waals surface area contributed by atoms with Crippen molar-refractivity contribution in [2.45, 2.75) is 53.5 Å². The fraction of sp³-hybridized carbons (Fsp3) is 0.750. The van der Waals surface area contributed by atoms with Gasteiger partial charge in [-0.3, -0.25) is 9.48 Å². The summed E-state index contributed by atoms with van der Waals surface area (Å²) in [5.74, 6) is 1.56. The first-order chi connectivity index (χ1) is 9.49. The summed E-state index contributed by atoms with van der Waals surface area (Å²) >= 11 is 0. The minimum atomic E-state index is 0.298. The number of carbonyl (C=O) groups excluding carboxylic acids is 1. The summed E-state index contributed by atoms with van der Waals surface area (Å²) < 4.78 is 1.94. The number of hydrogen-bond acceptors (Lipinski definition) is 2. The minimum Gasteiger partial charge on any atom is -0.342 e. The van der Waals surface area contributed by atoms with Gasteiger partial charge in [-0.15, -0.1) is 0 Å². The van der Waals surface area contributed by atoms with Gasteiger partial charge in [-0.25, -0.2) is 0 Å². The molecule has 0 aliphatic carbocycles. The molecule has 20 heavy (non-hydrogen) atoms. The molecular weight excluding hydrogens is 250 g/mol. The molecule has 1 aromatic rings. The normalized spacial score (nSPS) is 23.1. The Balaban J connectivity index is 1.89. The van der Waals surface area contributed by atoms with Crippen LogP contribution in [0.3, 0.4) is 0 Å². The Morgan fingerprint density at radius 2 is 2.00 bits per heavy atom. The summed E-state index contributed by atoms with van der Waals surface area (Å²) in [6.07, 6.45) is 4.73. The molecule has 0 N–H and O–H groups in total. The molecule has 0 saturated carbocycles. The zero-order chi connectivity index (χ0) is 14.7. The van der Waals surface area contributed by atoms with Crippen molar-refractivity contribution in [1.82, 2.24) is 14.7 Å². The van der Waals surface area contributed by atoms with Crippen molar-refractivity contribution in [2.75, 3.05) is 13.1 Å². The van der Waals surface area contributed by atoms with Gasteiger partial charge in [0.25, 0.3) is 0 Å². The predicted molar refractivity (Wildman–Crippen MR) is 80.5 cm³/mol. The lowest BCUT2D eigenvalue weighted by atomic mass is 9.91. The average Bonchev–Trinajstić information content (AvgIpc) is 2.75. The number of amides is 1. The molecule has 4 heteroatoms. The van der Waals surface area contributed by atoms with E-state index < -0.39 is 0 Å². The quantitative estimate of drug-likeness (QED) is 0.848. The zero-order valence-electron chi connectivity index (χ0n) is 13.2. The van der Waals surface area contributed by atoms with Crippen molar-refractivity contribution in [3.8, 4) is 0 Å². The van der Waals surface area contributed by atoms with E-state index in [1.807, 2.05) is 11.6 Å². The average molecular weight is 277 g/mol. The monoisotopic (exact) mass is 277 g/mol. The van der Waals surface area contributed by atoms with Crippen LogP contribution >= 0.6 is 0 Å². The van der Waals surface area contributed by atoms with E-state index in [0.717, 1.165) is 31.7 Å². The van der Waals surface area contributed by atoms with E-state index in [1.54, 1.807) is 0 Å². The van der Waals surface area contributed by atoms with Crippen molar-refractivity contribution in [3.05, 3.63) is 17.5 Å². The molecule has 0 unspecified atom stereocenters. The summed E-state index contributed by atoms with van der Waals surface area (Å²) in [4.78, 5) is 14.4. The third-order valence-electron chi connectivity index (χ3n) is 4.20. The molecule has 1 fully saturated rings. The first-order valence-corrected chi connectivity index (χ1v) is 7.80. The SMILES string of the molecule is CCn1cc(CCC(=O)N2C[C@H](C)C[C@@H](C)C2)c(C)n1. The zero-order valence-corrected chi connectivity index (χ0v) is 13.2. The van der Waals surface area contributed by atoms with Gasteiger partial charge in [-0.05, 0) is 44.1 Å². The van der Waals surface area contributed by atoms with Gasteiger partial charge in [0, 0.05) is 32.3 Å². The number of rotatable bonds is 4. The summed E-state index contributed by atoms with van der Waals surface area (Å²) in [6.45, 7) is 11.3. The lowest BCUT2D eigenvalue weighted by Crippen LogP contribution is -2.42. The topological polar surface area (TPSA) is 38.1 Å². The molecule has 0 radical (unpaired) electrons. The van der Waals surface area contributed by atoms with Crippen LogP contribution in [0.25, 0.3) is 0 Å². The minimum absolute atomic E-state index is 0.298. The Morgan fingerprint density at radius 1 is 1.35 bits per heavy atom. The van der Waals surface area contributed by atoms with Crippen LogP contribution in [-0.2, 0) is 17.8 Å². The number of hydrogen-bond donors (Lipinski definition) is 0. The second-order valence-electron chi connectivity index (χ2n) is 6.34. The lowest BCUT2D eigenvalue weighted by Gasteiger charge is -2.35. The molecule has 1 aromatic heterocycles. The highest BCUT2D eigenvalue weighted by Crippen LogP contribution is 2.22. The number of likely N-dealkylation sites (tertiary alicyclic amines) is 1. The van der Waals surface area contributed by atoms with Crippen LogP contribution in [0.15, 0.2) is 6.20 Å². The fourth-order valence-corrected chi connectivity index (χ4v) is 3.23. The van der Waals surface area contributed by atoms with Crippen molar-refractivity contribution in [2.24, 2.45) is 11.8 Å². The van der Waals surface area contributed by atoms with Gasteiger partial charge in [0.05, 0.1) is 5.69 Å². The van der Waals surface area contributed by atoms with Gasteiger partial charge < -0.3 is 4.90 Å². The van der Waals surface area contributed by atoms with Crippen LogP contribution in [0.4, 0.5) is 0 Å². The van der Waals surface area contributed by atoms with E-state index in [1.165, 1.54) is 12.0 Å². The number of piperidine rings is 1. The van der Waals surface area contributed by atoms with Crippen LogP contribution in [0, 0.1) is 18.8 Å². The van der Waals surface area contributed by atoms with E-state index >= 15 is 0 Å². The van der Waals surface area contributed by atoms with Crippen LogP contribution in [0.5, 0.6) is 0 Å². The molecule has 1 aliphatic heterocycles. The van der Waals surface area contributed by atoms with Gasteiger partial charge in [0.1, 0.15) is 0 Å². The number of aromatic nitrogens is 2. The predicted octanol–water partition coefficient (Wildman–Crippen LogP) is 2.65. The number of aryl methyl sites for hydroxylation is 3. The first-order valence-electron chi connectivity index (χ1n) is 7.80. The van der Waals surface area contributed by atoms with E-state index in [9.17, 15) is 4.79 Å². The third kappa shape index (κ3) is 3.62. The van der Waals surface area contributed by atoms with Crippen LogP contribution in [0.2, 0.25) is 0 Å². The maximum atomic E-state index is 12.3. The van der Waals surface area contributed by atoms with Gasteiger partial charge in [0.15, 0.2) is 0 Å². The van der Waals surface area contributed by atoms with Gasteiger partial charge in [-0.1, -0.05) is 13.8 Å². The van der Waals surface area contributed by atoms with E-state index in [-0.39, 0.29) is 0 Å². The maximum Gasteiger partial charge on any atom is 0.222 e. The van der Waals surface area contributed by atoms with Crippen molar-refractivity contribution in [1.29, 1.82) is 0 Å². The summed E-state index contributed by atoms with van der Waals surface area (Å²) in [6, 6.07) is 0. The summed E-state index contributed by atoms with van der Waals surface area (Å²) in [5, 5.41) is 4.44. The highest BCUT2D eigenvalue weighted by atomic mass is 16.2. The molecule has 2 atom stereocenters. The Labute approximate surface area is 122 Å². The highest BCUT2D eigenvalue weighted by Gasteiger charge is 2.25. The van der Waals surface area contributed by atoms with E-state index in [0.29, 0.717) is 24.2 Å². The molecule has 0 aromatic carbocycles. The van der Waals surface area contributed by atoms with Crippen LogP contribution in [0.1, 0.15) is 44.9 Å². The molecule has 1 saturated heterocycles. The van der Waals surface area contributed by atoms with Crippen molar-refractivity contribution >= 4 is 5.91 Å². The molecular formula is C16H27N3O. The van der Waals surface area contributed by atoms with Crippen molar-refractivity contribution in [3.63, 3.8) is 0 Å². The Hall–Kier alpha value is -1.32. The molecule has 0 spiro atoms. The van der Waals surface area contributed by atoms with E-state index in [2.05, 4.69) is 37.0 Å². The summed E-state index contributed by atoms with van der Waals surface area (Å²) in [7, 11) is 0. The molecule has 0 bridgehead atoms. The Bertz CT molecular complexity index is 456. The number of carbonyl (C=O) groups is 1. The van der Waals surface area contributed by atoms with Gasteiger partial charge in [0.2, 0.25) is 5.91 Å². The maximum absolute atomic E-state index is 12.3. The standard InChI is InChI=1S/C16H27N3O/c1-5-19-11-15(14(4)17-19)6-7-16(20)18-9-12(2)8-13(3)10-18/h11-13H,5-10H2,1-4H3/t12-,13-/m1/s1. The smallest absolute Gasteiger partial charge is 0.222 e. The summed E-state index contributed by atoms with van der Waals surface area (Å²) in [5.41, 5.74) is 2.26. The molecule has 1 aliphatic rings. The van der Waals surface area contributed by atoms with Gasteiger partial charge in [-0.2, -0.15) is 5.10 Å². The molecule has 4 nitrogen and oxygen atoms in total.